The molecule has 1 aliphatic rings. The molecule has 1 N–H and O–H groups in total. The van der Waals surface area contributed by atoms with Crippen LogP contribution in [0.5, 0.6) is 0 Å². The minimum Gasteiger partial charge on any atom is -0.353 e. The highest BCUT2D eigenvalue weighted by molar-refractivity contribution is 5.94. The standard InChI is InChI=1S/C24H24N8O/c1-30-20(15-19(29-30)18-7-3-2-4-8-18)24(33)32-13-11-31(12-14-32)23-16-22(26-17-27-23)28-21-9-5-6-10-25-21/h2-10,15-17H,11-14H2,1H3,(H,25,26,27,28). The fourth-order valence-electron chi connectivity index (χ4n) is 3.87. The lowest BCUT2D eigenvalue weighted by Gasteiger charge is -2.35. The van der Waals surface area contributed by atoms with Crippen LogP contribution in [0.15, 0.2) is 73.2 Å². The number of nitrogens with zero attached hydrogens (tertiary/aromatic N) is 7. The first-order valence-electron chi connectivity index (χ1n) is 10.8. The fourth-order valence-corrected chi connectivity index (χ4v) is 3.87. The van der Waals surface area contributed by atoms with Crippen molar-refractivity contribution < 1.29 is 4.79 Å². The van der Waals surface area contributed by atoms with Gasteiger partial charge in [-0.15, -0.1) is 0 Å². The third kappa shape index (κ3) is 4.52. The number of nitrogens with one attached hydrogen (secondary N) is 1. The molecule has 1 amide bonds. The monoisotopic (exact) mass is 440 g/mol. The average molecular weight is 441 g/mol. The second kappa shape index (κ2) is 9.07. The predicted octanol–water partition coefficient (Wildman–Crippen LogP) is 2.98. The van der Waals surface area contributed by atoms with Crippen LogP contribution >= 0.6 is 0 Å². The number of aryl methyl sites for hydroxylation is 1. The van der Waals surface area contributed by atoms with Crippen LogP contribution in [0.25, 0.3) is 11.3 Å². The van der Waals surface area contributed by atoms with Crippen molar-refractivity contribution >= 4 is 23.4 Å². The van der Waals surface area contributed by atoms with E-state index in [0.29, 0.717) is 37.7 Å². The lowest BCUT2D eigenvalue weighted by molar-refractivity contribution is 0.0735. The zero-order valence-corrected chi connectivity index (χ0v) is 18.3. The van der Waals surface area contributed by atoms with Gasteiger partial charge in [0, 0.05) is 51.1 Å². The Labute approximate surface area is 191 Å². The number of hydrogen-bond acceptors (Lipinski definition) is 7. The Hall–Kier alpha value is -4.27. The Morgan fingerprint density at radius 3 is 2.42 bits per heavy atom. The second-order valence-corrected chi connectivity index (χ2v) is 7.79. The quantitative estimate of drug-likeness (QED) is 0.510. The number of benzene rings is 1. The molecule has 0 bridgehead atoms. The molecule has 33 heavy (non-hydrogen) atoms. The molecule has 0 spiro atoms. The van der Waals surface area contributed by atoms with E-state index in [4.69, 9.17) is 0 Å². The molecule has 5 rings (SSSR count). The highest BCUT2D eigenvalue weighted by atomic mass is 16.2. The van der Waals surface area contributed by atoms with E-state index in [1.807, 2.05) is 72.6 Å². The molecule has 9 heteroatoms. The Morgan fingerprint density at radius 2 is 1.67 bits per heavy atom. The van der Waals surface area contributed by atoms with Crippen LogP contribution in [0.4, 0.5) is 17.5 Å². The molecule has 0 atom stereocenters. The summed E-state index contributed by atoms with van der Waals surface area (Å²) >= 11 is 0. The molecule has 0 unspecified atom stereocenters. The number of hydrogen-bond donors (Lipinski definition) is 1. The van der Waals surface area contributed by atoms with Gasteiger partial charge in [0.05, 0.1) is 5.69 Å². The molecule has 3 aromatic heterocycles. The SMILES string of the molecule is Cn1nc(-c2ccccc2)cc1C(=O)N1CCN(c2cc(Nc3ccccn3)ncn2)CC1. The van der Waals surface area contributed by atoms with Crippen LogP contribution in [-0.2, 0) is 7.05 Å². The van der Waals surface area contributed by atoms with E-state index in [0.717, 1.165) is 22.9 Å². The highest BCUT2D eigenvalue weighted by Crippen LogP contribution is 2.21. The predicted molar refractivity (Wildman–Crippen MR) is 126 cm³/mol. The van der Waals surface area contributed by atoms with Crippen LogP contribution < -0.4 is 10.2 Å². The summed E-state index contributed by atoms with van der Waals surface area (Å²) in [6, 6.07) is 19.3. The highest BCUT2D eigenvalue weighted by Gasteiger charge is 2.25. The largest absolute Gasteiger partial charge is 0.353 e. The van der Waals surface area contributed by atoms with Crippen molar-refractivity contribution in [3.05, 3.63) is 78.9 Å². The van der Waals surface area contributed by atoms with E-state index in [-0.39, 0.29) is 5.91 Å². The minimum absolute atomic E-state index is 0.00738. The summed E-state index contributed by atoms with van der Waals surface area (Å²) < 4.78 is 1.66. The summed E-state index contributed by atoms with van der Waals surface area (Å²) in [5, 5.41) is 7.72. The van der Waals surface area contributed by atoms with Gasteiger partial charge in [0.1, 0.15) is 29.5 Å². The van der Waals surface area contributed by atoms with E-state index in [1.165, 1.54) is 0 Å². The van der Waals surface area contributed by atoms with Gasteiger partial charge in [0.15, 0.2) is 0 Å². The van der Waals surface area contributed by atoms with E-state index in [2.05, 4.69) is 30.3 Å². The average Bonchev–Trinajstić information content (AvgIpc) is 3.26. The maximum absolute atomic E-state index is 13.2. The Bertz CT molecular complexity index is 1230. The molecule has 4 aromatic rings. The number of pyridine rings is 1. The van der Waals surface area contributed by atoms with E-state index in [1.54, 1.807) is 17.2 Å². The van der Waals surface area contributed by atoms with Gasteiger partial charge in [0.25, 0.3) is 5.91 Å². The fraction of sp³-hybridized carbons (Fsp3) is 0.208. The molecule has 1 aromatic carbocycles. The lowest BCUT2D eigenvalue weighted by Crippen LogP contribution is -2.49. The van der Waals surface area contributed by atoms with Gasteiger partial charge in [-0.1, -0.05) is 36.4 Å². The number of aromatic nitrogens is 5. The smallest absolute Gasteiger partial charge is 0.272 e. The van der Waals surface area contributed by atoms with Gasteiger partial charge in [-0.05, 0) is 18.2 Å². The zero-order valence-electron chi connectivity index (χ0n) is 18.3. The summed E-state index contributed by atoms with van der Waals surface area (Å²) in [5.41, 5.74) is 2.39. The molecule has 1 aliphatic heterocycles. The van der Waals surface area contributed by atoms with Gasteiger partial charge in [-0.25, -0.2) is 15.0 Å². The maximum atomic E-state index is 13.2. The van der Waals surface area contributed by atoms with Gasteiger partial charge < -0.3 is 15.1 Å². The number of rotatable bonds is 5. The van der Waals surface area contributed by atoms with E-state index >= 15 is 0 Å². The molecule has 1 saturated heterocycles. The maximum Gasteiger partial charge on any atom is 0.272 e. The number of piperazine rings is 1. The van der Waals surface area contributed by atoms with Crippen molar-refractivity contribution in [2.24, 2.45) is 7.05 Å². The summed E-state index contributed by atoms with van der Waals surface area (Å²) in [4.78, 5) is 30.2. The van der Waals surface area contributed by atoms with E-state index in [9.17, 15) is 4.79 Å². The van der Waals surface area contributed by atoms with Crippen LogP contribution in [0, 0.1) is 0 Å². The van der Waals surface area contributed by atoms with Crippen molar-refractivity contribution in [3.63, 3.8) is 0 Å². The third-order valence-corrected chi connectivity index (χ3v) is 5.63. The zero-order chi connectivity index (χ0) is 22.6. The number of carbonyl (C=O) groups is 1. The summed E-state index contributed by atoms with van der Waals surface area (Å²) in [5.74, 6) is 2.22. The van der Waals surface area contributed by atoms with Crippen LogP contribution in [0.2, 0.25) is 0 Å². The first-order valence-corrected chi connectivity index (χ1v) is 10.8. The molecule has 0 saturated carbocycles. The van der Waals surface area contributed by atoms with Crippen LogP contribution in [0.3, 0.4) is 0 Å². The van der Waals surface area contributed by atoms with Crippen LogP contribution in [0.1, 0.15) is 10.5 Å². The first kappa shape index (κ1) is 20.6. The van der Waals surface area contributed by atoms with Gasteiger partial charge in [-0.3, -0.25) is 9.48 Å². The number of carbonyl (C=O) groups excluding carboxylic acids is 1. The van der Waals surface area contributed by atoms with Crippen molar-refractivity contribution in [2.45, 2.75) is 0 Å². The van der Waals surface area contributed by atoms with Crippen molar-refractivity contribution in [3.8, 4) is 11.3 Å². The van der Waals surface area contributed by atoms with Crippen molar-refractivity contribution in [1.29, 1.82) is 0 Å². The van der Waals surface area contributed by atoms with Gasteiger partial charge >= 0.3 is 0 Å². The normalized spacial score (nSPS) is 13.7. The van der Waals surface area contributed by atoms with Gasteiger partial charge in [-0.2, -0.15) is 5.10 Å². The van der Waals surface area contributed by atoms with Crippen LogP contribution in [-0.4, -0.2) is 61.7 Å². The minimum atomic E-state index is -0.00738. The molecular formula is C24H24N8O. The molecule has 1 fully saturated rings. The molecule has 0 radical (unpaired) electrons. The lowest BCUT2D eigenvalue weighted by atomic mass is 10.1. The number of anilines is 3. The van der Waals surface area contributed by atoms with Crippen molar-refractivity contribution in [1.82, 2.24) is 29.6 Å². The molecule has 4 heterocycles. The molecule has 9 nitrogen and oxygen atoms in total. The summed E-state index contributed by atoms with van der Waals surface area (Å²) in [6.45, 7) is 2.60. The Kier molecular flexibility index (Phi) is 5.67. The Morgan fingerprint density at radius 1 is 0.879 bits per heavy atom. The molecular weight excluding hydrogens is 416 g/mol. The van der Waals surface area contributed by atoms with E-state index < -0.39 is 0 Å². The topological polar surface area (TPSA) is 92.1 Å². The van der Waals surface area contributed by atoms with Crippen molar-refractivity contribution in [2.75, 3.05) is 36.4 Å². The molecule has 166 valence electrons. The second-order valence-electron chi connectivity index (χ2n) is 7.79. The summed E-state index contributed by atoms with van der Waals surface area (Å²) in [7, 11) is 1.81. The number of amides is 1. The first-order chi connectivity index (χ1) is 16.2. The third-order valence-electron chi connectivity index (χ3n) is 5.63. The van der Waals surface area contributed by atoms with Gasteiger partial charge in [0.2, 0.25) is 0 Å². The summed E-state index contributed by atoms with van der Waals surface area (Å²) in [6.07, 6.45) is 3.27. The molecule has 0 aliphatic carbocycles. The Balaban J connectivity index is 1.24.